The first-order valence-corrected chi connectivity index (χ1v) is 6.15. The number of hydrogen-bond acceptors (Lipinski definition) is 4. The minimum atomic E-state index is -0.590. The van der Waals surface area contributed by atoms with Crippen LogP contribution in [-0.4, -0.2) is 9.97 Å². The Hall–Kier alpha value is -1.40. The first kappa shape index (κ1) is 13.0. The number of hydrogen-bond donors (Lipinski definition) is 2. The topological polar surface area (TPSA) is 63.8 Å². The van der Waals surface area contributed by atoms with Crippen molar-refractivity contribution in [2.24, 2.45) is 0 Å². The lowest BCUT2D eigenvalue weighted by atomic mass is 10.2. The molecule has 0 saturated carbocycles. The van der Waals surface area contributed by atoms with Gasteiger partial charge in [-0.2, -0.15) is 4.98 Å². The molecule has 94 valence electrons. The number of nitrogens with zero attached hydrogens (tertiary/aromatic N) is 2. The molecule has 1 heterocycles. The van der Waals surface area contributed by atoms with Gasteiger partial charge < -0.3 is 11.1 Å². The molecular weight excluding hydrogens is 323 g/mol. The van der Waals surface area contributed by atoms with E-state index >= 15 is 0 Å². The molecular formula is C11H9BrClFN4. The first-order valence-electron chi connectivity index (χ1n) is 4.98. The van der Waals surface area contributed by atoms with Gasteiger partial charge in [-0.05, 0) is 40.5 Å². The molecule has 3 N–H and O–H groups in total. The van der Waals surface area contributed by atoms with Crippen LogP contribution in [0.1, 0.15) is 5.56 Å². The summed E-state index contributed by atoms with van der Waals surface area (Å²) in [4.78, 5) is 7.33. The van der Waals surface area contributed by atoms with E-state index < -0.39 is 5.82 Å². The fourth-order valence-corrected chi connectivity index (χ4v) is 2.06. The van der Waals surface area contributed by atoms with Gasteiger partial charge in [-0.3, -0.25) is 0 Å². The highest BCUT2D eigenvalue weighted by Crippen LogP contribution is 2.31. The molecule has 0 aliphatic heterocycles. The molecule has 0 amide bonds. The van der Waals surface area contributed by atoms with Crippen molar-refractivity contribution in [3.05, 3.63) is 39.2 Å². The summed E-state index contributed by atoms with van der Waals surface area (Å²) in [5.41, 5.74) is 6.92. The summed E-state index contributed by atoms with van der Waals surface area (Å²) < 4.78 is 14.2. The smallest absolute Gasteiger partial charge is 0.222 e. The highest BCUT2D eigenvalue weighted by atomic mass is 79.9. The predicted molar refractivity (Wildman–Crippen MR) is 73.6 cm³/mol. The quantitative estimate of drug-likeness (QED) is 0.881. The minimum Gasteiger partial charge on any atom is -0.368 e. The molecule has 0 radical (unpaired) electrons. The highest BCUT2D eigenvalue weighted by molar-refractivity contribution is 9.10. The van der Waals surface area contributed by atoms with Crippen LogP contribution in [0, 0.1) is 12.7 Å². The number of aromatic nitrogens is 2. The van der Waals surface area contributed by atoms with Gasteiger partial charge in [0.05, 0.1) is 11.9 Å². The largest absolute Gasteiger partial charge is 0.368 e. The van der Waals surface area contributed by atoms with Crippen molar-refractivity contribution in [3.8, 4) is 0 Å². The van der Waals surface area contributed by atoms with Crippen molar-refractivity contribution in [2.75, 3.05) is 11.1 Å². The number of nitrogens with one attached hydrogen (secondary N) is 1. The Kier molecular flexibility index (Phi) is 3.68. The molecule has 0 saturated heterocycles. The van der Waals surface area contributed by atoms with Crippen LogP contribution in [0.3, 0.4) is 0 Å². The summed E-state index contributed by atoms with van der Waals surface area (Å²) >= 11 is 9.37. The molecule has 0 spiro atoms. The number of rotatable bonds is 2. The highest BCUT2D eigenvalue weighted by Gasteiger charge is 2.09. The van der Waals surface area contributed by atoms with E-state index in [1.807, 2.05) is 13.0 Å². The first-order chi connectivity index (χ1) is 8.47. The molecule has 2 rings (SSSR count). The van der Waals surface area contributed by atoms with Crippen LogP contribution in [-0.2, 0) is 0 Å². The van der Waals surface area contributed by atoms with E-state index in [0.29, 0.717) is 10.7 Å². The SMILES string of the molecule is Cc1cc(Br)c(Nc2nc(N)ncc2F)cc1Cl. The number of nitrogen functional groups attached to an aromatic ring is 1. The van der Waals surface area contributed by atoms with Crippen LogP contribution >= 0.6 is 27.5 Å². The van der Waals surface area contributed by atoms with Gasteiger partial charge in [0.15, 0.2) is 11.6 Å². The van der Waals surface area contributed by atoms with E-state index in [-0.39, 0.29) is 11.8 Å². The average molecular weight is 332 g/mol. The van der Waals surface area contributed by atoms with Gasteiger partial charge >= 0.3 is 0 Å². The third-order valence-electron chi connectivity index (χ3n) is 2.26. The molecule has 0 aliphatic rings. The molecule has 4 nitrogen and oxygen atoms in total. The van der Waals surface area contributed by atoms with Crippen LogP contribution in [0.2, 0.25) is 5.02 Å². The van der Waals surface area contributed by atoms with E-state index in [4.69, 9.17) is 17.3 Å². The Morgan fingerprint density at radius 2 is 2.17 bits per heavy atom. The van der Waals surface area contributed by atoms with Gasteiger partial charge in [0.1, 0.15) is 0 Å². The minimum absolute atomic E-state index is 0.00289. The van der Waals surface area contributed by atoms with Crippen LogP contribution in [0.4, 0.5) is 21.8 Å². The molecule has 0 fully saturated rings. The Morgan fingerprint density at radius 1 is 1.44 bits per heavy atom. The van der Waals surface area contributed by atoms with Crippen molar-refractivity contribution in [3.63, 3.8) is 0 Å². The van der Waals surface area contributed by atoms with E-state index in [0.717, 1.165) is 16.2 Å². The van der Waals surface area contributed by atoms with Crippen molar-refractivity contribution in [1.29, 1.82) is 0 Å². The van der Waals surface area contributed by atoms with Crippen LogP contribution in [0.15, 0.2) is 22.8 Å². The second-order valence-electron chi connectivity index (χ2n) is 3.63. The third-order valence-corrected chi connectivity index (χ3v) is 3.33. The van der Waals surface area contributed by atoms with E-state index in [9.17, 15) is 4.39 Å². The monoisotopic (exact) mass is 330 g/mol. The maximum atomic E-state index is 13.5. The molecule has 0 atom stereocenters. The summed E-state index contributed by atoms with van der Waals surface area (Å²) in [6, 6.07) is 3.51. The lowest BCUT2D eigenvalue weighted by molar-refractivity contribution is 0.620. The van der Waals surface area contributed by atoms with Crippen molar-refractivity contribution < 1.29 is 4.39 Å². The van der Waals surface area contributed by atoms with E-state index in [1.54, 1.807) is 6.07 Å². The van der Waals surface area contributed by atoms with Crippen LogP contribution in [0.5, 0.6) is 0 Å². The number of aryl methyl sites for hydroxylation is 1. The molecule has 0 bridgehead atoms. The van der Waals surface area contributed by atoms with Crippen molar-refractivity contribution >= 4 is 45.0 Å². The average Bonchev–Trinajstić information content (AvgIpc) is 2.30. The third kappa shape index (κ3) is 2.70. The Bertz CT molecular complexity index is 606. The maximum Gasteiger partial charge on any atom is 0.222 e. The van der Waals surface area contributed by atoms with Crippen molar-refractivity contribution in [1.82, 2.24) is 9.97 Å². The summed E-state index contributed by atoms with van der Waals surface area (Å²) in [5, 5.41) is 3.38. The second kappa shape index (κ2) is 5.07. The lowest BCUT2D eigenvalue weighted by Crippen LogP contribution is -2.03. The molecule has 1 aromatic carbocycles. The zero-order chi connectivity index (χ0) is 13.3. The fraction of sp³-hybridized carbons (Fsp3) is 0.0909. The summed E-state index contributed by atoms with van der Waals surface area (Å²) in [7, 11) is 0. The maximum absolute atomic E-state index is 13.5. The fourth-order valence-electron chi connectivity index (χ4n) is 1.34. The predicted octanol–water partition coefficient (Wildman–Crippen LogP) is 3.67. The number of halogens is 3. The molecule has 7 heteroatoms. The molecule has 0 unspecified atom stereocenters. The van der Waals surface area contributed by atoms with E-state index in [1.165, 1.54) is 0 Å². The molecule has 1 aromatic heterocycles. The molecule has 2 aromatic rings. The molecule has 0 aliphatic carbocycles. The molecule has 18 heavy (non-hydrogen) atoms. The van der Waals surface area contributed by atoms with Gasteiger partial charge in [-0.25, -0.2) is 9.37 Å². The van der Waals surface area contributed by atoms with Crippen molar-refractivity contribution in [2.45, 2.75) is 6.92 Å². The zero-order valence-electron chi connectivity index (χ0n) is 9.34. The van der Waals surface area contributed by atoms with Gasteiger partial charge in [0, 0.05) is 9.50 Å². The van der Waals surface area contributed by atoms with E-state index in [2.05, 4.69) is 31.2 Å². The lowest BCUT2D eigenvalue weighted by Gasteiger charge is -2.10. The number of anilines is 3. The second-order valence-corrected chi connectivity index (χ2v) is 4.89. The van der Waals surface area contributed by atoms with Crippen LogP contribution < -0.4 is 11.1 Å². The number of benzene rings is 1. The summed E-state index contributed by atoms with van der Waals surface area (Å²) in [6.45, 7) is 1.88. The van der Waals surface area contributed by atoms with Gasteiger partial charge in [0.2, 0.25) is 5.95 Å². The number of nitrogens with two attached hydrogens (primary N) is 1. The Balaban J connectivity index is 2.40. The summed E-state index contributed by atoms with van der Waals surface area (Å²) in [5.74, 6) is -0.593. The van der Waals surface area contributed by atoms with Gasteiger partial charge in [0.25, 0.3) is 0 Å². The van der Waals surface area contributed by atoms with Gasteiger partial charge in [-0.1, -0.05) is 11.6 Å². The summed E-state index contributed by atoms with van der Waals surface area (Å²) in [6.07, 6.45) is 1.01. The Labute approximate surface area is 117 Å². The Morgan fingerprint density at radius 3 is 2.89 bits per heavy atom. The standard InChI is InChI=1S/C11H9BrClFN4/c1-5-2-6(12)9(3-7(5)13)17-10-8(14)4-16-11(15)18-10/h2-4H,1H3,(H3,15,16,17,18). The normalized spacial score (nSPS) is 10.4. The zero-order valence-corrected chi connectivity index (χ0v) is 11.7. The van der Waals surface area contributed by atoms with Gasteiger partial charge in [-0.15, -0.1) is 0 Å². The van der Waals surface area contributed by atoms with Crippen LogP contribution in [0.25, 0.3) is 0 Å².